The molecule has 0 aliphatic carbocycles. The van der Waals surface area contributed by atoms with Crippen molar-refractivity contribution in [1.29, 1.82) is 0 Å². The maximum atomic E-state index is 12.5. The molecule has 0 saturated carbocycles. The first kappa shape index (κ1) is 16.8. The summed E-state index contributed by atoms with van der Waals surface area (Å²) in [6, 6.07) is 5.55. The average molecular weight is 324 g/mol. The van der Waals surface area contributed by atoms with Crippen molar-refractivity contribution >= 4 is 21.6 Å². The van der Waals surface area contributed by atoms with Crippen LogP contribution in [0.5, 0.6) is 0 Å². The zero-order valence-electron chi connectivity index (χ0n) is 13.4. The average Bonchev–Trinajstić information content (AvgIpc) is 2.86. The van der Waals surface area contributed by atoms with Crippen LogP contribution < -0.4 is 5.32 Å². The lowest BCUT2D eigenvalue weighted by molar-refractivity contribution is 0.209. The predicted molar refractivity (Wildman–Crippen MR) is 89.0 cm³/mol. The van der Waals surface area contributed by atoms with Gasteiger partial charge >= 0.3 is 6.03 Å². The molecule has 1 saturated heterocycles. The largest absolute Gasteiger partial charge is 0.324 e. The van der Waals surface area contributed by atoms with Crippen LogP contribution in [0.3, 0.4) is 0 Å². The lowest BCUT2D eigenvalue weighted by Gasteiger charge is -2.25. The van der Waals surface area contributed by atoms with Gasteiger partial charge in [0.05, 0.1) is 11.5 Å². The van der Waals surface area contributed by atoms with Gasteiger partial charge in [-0.3, -0.25) is 0 Å². The Morgan fingerprint density at radius 2 is 1.86 bits per heavy atom. The molecule has 5 nitrogen and oxygen atoms in total. The van der Waals surface area contributed by atoms with Crippen LogP contribution in [0.15, 0.2) is 18.2 Å². The minimum atomic E-state index is -2.99. The van der Waals surface area contributed by atoms with Gasteiger partial charge in [0.1, 0.15) is 0 Å². The third kappa shape index (κ3) is 3.61. The standard InChI is InChI=1S/C16H24N2O3S/c1-4-12-7-6-8-13(5-2)15(12)17-16(19)18(3)14-9-10-22(20,21)11-14/h6-8,14H,4-5,9-11H2,1-3H3,(H,17,19). The summed E-state index contributed by atoms with van der Waals surface area (Å²) < 4.78 is 23.1. The summed E-state index contributed by atoms with van der Waals surface area (Å²) in [7, 11) is -1.33. The second-order valence-corrected chi connectivity index (χ2v) is 7.99. The number of aryl methyl sites for hydroxylation is 2. The molecule has 1 atom stereocenters. The number of urea groups is 1. The SMILES string of the molecule is CCc1cccc(CC)c1NC(=O)N(C)C1CCS(=O)(=O)C1. The molecule has 22 heavy (non-hydrogen) atoms. The Kier molecular flexibility index (Phi) is 5.11. The Morgan fingerprint density at radius 3 is 2.32 bits per heavy atom. The minimum Gasteiger partial charge on any atom is -0.324 e. The highest BCUT2D eigenvalue weighted by Gasteiger charge is 2.33. The molecule has 0 bridgehead atoms. The lowest BCUT2D eigenvalue weighted by Crippen LogP contribution is -2.40. The fourth-order valence-corrected chi connectivity index (χ4v) is 4.62. The van der Waals surface area contributed by atoms with Gasteiger partial charge in [-0.25, -0.2) is 13.2 Å². The predicted octanol–water partition coefficient (Wildman–Crippen LogP) is 2.46. The molecule has 1 aliphatic heterocycles. The third-order valence-electron chi connectivity index (χ3n) is 4.31. The second-order valence-electron chi connectivity index (χ2n) is 5.76. The maximum Gasteiger partial charge on any atom is 0.321 e. The normalized spacial score (nSPS) is 19.9. The van der Waals surface area contributed by atoms with Crippen LogP contribution in [0.4, 0.5) is 10.5 Å². The number of para-hydroxylation sites is 1. The van der Waals surface area contributed by atoms with Gasteiger partial charge in [0, 0.05) is 18.8 Å². The van der Waals surface area contributed by atoms with E-state index in [1.165, 1.54) is 4.90 Å². The van der Waals surface area contributed by atoms with Gasteiger partial charge in [-0.1, -0.05) is 32.0 Å². The Balaban J connectivity index is 2.15. The summed E-state index contributed by atoms with van der Waals surface area (Å²) in [6.45, 7) is 4.11. The van der Waals surface area contributed by atoms with Gasteiger partial charge < -0.3 is 10.2 Å². The van der Waals surface area contributed by atoms with E-state index in [2.05, 4.69) is 19.2 Å². The van der Waals surface area contributed by atoms with Gasteiger partial charge in [0.2, 0.25) is 0 Å². The van der Waals surface area contributed by atoms with Crippen LogP contribution in [-0.4, -0.2) is 43.9 Å². The van der Waals surface area contributed by atoms with Crippen molar-refractivity contribution in [2.24, 2.45) is 0 Å². The van der Waals surface area contributed by atoms with Gasteiger partial charge in [0.15, 0.2) is 9.84 Å². The van der Waals surface area contributed by atoms with Crippen LogP contribution in [0.1, 0.15) is 31.4 Å². The summed E-state index contributed by atoms with van der Waals surface area (Å²) in [4.78, 5) is 14.0. The first-order chi connectivity index (χ1) is 10.4. The van der Waals surface area contributed by atoms with Crippen molar-refractivity contribution in [3.8, 4) is 0 Å². The van der Waals surface area contributed by atoms with E-state index in [9.17, 15) is 13.2 Å². The van der Waals surface area contributed by atoms with Crippen molar-refractivity contribution in [3.05, 3.63) is 29.3 Å². The fraction of sp³-hybridized carbons (Fsp3) is 0.562. The molecule has 2 amide bonds. The molecule has 6 heteroatoms. The number of carbonyl (C=O) groups excluding carboxylic acids is 1. The highest BCUT2D eigenvalue weighted by molar-refractivity contribution is 7.91. The highest BCUT2D eigenvalue weighted by atomic mass is 32.2. The molecule has 1 aliphatic rings. The number of nitrogens with one attached hydrogen (secondary N) is 1. The molecule has 0 spiro atoms. The summed E-state index contributed by atoms with van der Waals surface area (Å²) in [5, 5.41) is 2.98. The second kappa shape index (κ2) is 6.69. The molecule has 1 heterocycles. The van der Waals surface area contributed by atoms with Crippen molar-refractivity contribution < 1.29 is 13.2 Å². The van der Waals surface area contributed by atoms with Gasteiger partial charge in [-0.2, -0.15) is 0 Å². The monoisotopic (exact) mass is 324 g/mol. The molecule has 0 aromatic heterocycles. The summed E-state index contributed by atoms with van der Waals surface area (Å²) in [6.07, 6.45) is 2.19. The van der Waals surface area contributed by atoms with Crippen LogP contribution >= 0.6 is 0 Å². The number of rotatable bonds is 4. The Hall–Kier alpha value is -1.56. The van der Waals surface area contributed by atoms with E-state index in [0.29, 0.717) is 6.42 Å². The topological polar surface area (TPSA) is 66.5 Å². The number of nitrogens with zero attached hydrogens (tertiary/aromatic N) is 1. The molecule has 1 unspecified atom stereocenters. The van der Waals surface area contributed by atoms with E-state index in [1.54, 1.807) is 7.05 Å². The number of anilines is 1. The quantitative estimate of drug-likeness (QED) is 0.925. The third-order valence-corrected chi connectivity index (χ3v) is 6.06. The van der Waals surface area contributed by atoms with Gasteiger partial charge in [-0.15, -0.1) is 0 Å². The van der Waals surface area contributed by atoms with Gasteiger partial charge in [0.25, 0.3) is 0 Å². The van der Waals surface area contributed by atoms with E-state index in [-0.39, 0.29) is 23.6 Å². The van der Waals surface area contributed by atoms with Crippen LogP contribution in [0.2, 0.25) is 0 Å². The Morgan fingerprint density at radius 1 is 1.27 bits per heavy atom. The van der Waals surface area contributed by atoms with E-state index in [0.717, 1.165) is 29.7 Å². The molecule has 1 aromatic carbocycles. The van der Waals surface area contributed by atoms with Crippen LogP contribution in [0.25, 0.3) is 0 Å². The summed E-state index contributed by atoms with van der Waals surface area (Å²) in [5.41, 5.74) is 3.06. The number of sulfone groups is 1. The molecule has 1 N–H and O–H groups in total. The van der Waals surface area contributed by atoms with Crippen molar-refractivity contribution in [2.75, 3.05) is 23.9 Å². The van der Waals surface area contributed by atoms with Crippen molar-refractivity contribution in [3.63, 3.8) is 0 Å². The molecular formula is C16H24N2O3S. The summed E-state index contributed by atoms with van der Waals surface area (Å²) in [5.74, 6) is 0.230. The fourth-order valence-electron chi connectivity index (χ4n) is 2.84. The number of carbonyl (C=O) groups is 1. The maximum absolute atomic E-state index is 12.5. The summed E-state index contributed by atoms with van der Waals surface area (Å²) >= 11 is 0. The molecule has 1 fully saturated rings. The zero-order chi connectivity index (χ0) is 16.3. The van der Waals surface area contributed by atoms with Crippen LogP contribution in [0, 0.1) is 0 Å². The Labute approximate surface area is 132 Å². The molecule has 2 rings (SSSR count). The lowest BCUT2D eigenvalue weighted by atomic mass is 10.0. The minimum absolute atomic E-state index is 0.0625. The first-order valence-corrected chi connectivity index (χ1v) is 9.55. The van der Waals surface area contributed by atoms with E-state index in [1.807, 2.05) is 18.2 Å². The number of hydrogen-bond acceptors (Lipinski definition) is 3. The number of hydrogen-bond donors (Lipinski definition) is 1. The van der Waals surface area contributed by atoms with Crippen molar-refractivity contribution in [1.82, 2.24) is 4.90 Å². The van der Waals surface area contributed by atoms with Crippen molar-refractivity contribution in [2.45, 2.75) is 39.2 Å². The smallest absolute Gasteiger partial charge is 0.321 e. The highest BCUT2D eigenvalue weighted by Crippen LogP contribution is 2.24. The zero-order valence-corrected chi connectivity index (χ0v) is 14.2. The molecule has 1 aromatic rings. The van der Waals surface area contributed by atoms with E-state index >= 15 is 0 Å². The van der Waals surface area contributed by atoms with E-state index in [4.69, 9.17) is 0 Å². The first-order valence-electron chi connectivity index (χ1n) is 7.73. The van der Waals surface area contributed by atoms with Crippen LogP contribution in [-0.2, 0) is 22.7 Å². The number of benzene rings is 1. The number of amides is 2. The van der Waals surface area contributed by atoms with E-state index < -0.39 is 9.84 Å². The molecule has 0 radical (unpaired) electrons. The van der Waals surface area contributed by atoms with Gasteiger partial charge in [-0.05, 0) is 30.4 Å². The Bertz CT molecular complexity index is 633. The molecule has 122 valence electrons. The molecular weight excluding hydrogens is 300 g/mol.